The molecule has 2 amide bonds. The van der Waals surface area contributed by atoms with E-state index in [2.05, 4.69) is 46.3 Å². The molecule has 3 aliphatic rings. The quantitative estimate of drug-likeness (QED) is 0.417. The van der Waals surface area contributed by atoms with E-state index in [1.165, 1.54) is 11.1 Å². The number of likely N-dealkylation sites (tertiary alicyclic amines) is 1. The zero-order chi connectivity index (χ0) is 25.1. The van der Waals surface area contributed by atoms with Crippen LogP contribution < -0.4 is 10.6 Å². The predicted molar refractivity (Wildman–Crippen MR) is 143 cm³/mol. The maximum Gasteiger partial charge on any atom is 0.267 e. The molecule has 182 valence electrons. The molecule has 6 heteroatoms. The normalized spacial score (nSPS) is 22.3. The molecule has 2 unspecified atom stereocenters. The van der Waals surface area contributed by atoms with Crippen LogP contribution in [0.1, 0.15) is 26.3 Å². The van der Waals surface area contributed by atoms with Crippen LogP contribution in [0.15, 0.2) is 91.0 Å². The number of nitrogens with two attached hydrogens (primary N) is 1. The summed E-state index contributed by atoms with van der Waals surface area (Å²) < 4.78 is 0. The Bertz CT molecular complexity index is 1500. The second kappa shape index (κ2) is 8.47. The molecule has 2 aliphatic heterocycles. The van der Waals surface area contributed by atoms with Gasteiger partial charge in [0.2, 0.25) is 0 Å². The lowest BCUT2D eigenvalue weighted by Gasteiger charge is -2.19. The van der Waals surface area contributed by atoms with Crippen molar-refractivity contribution in [3.8, 4) is 22.4 Å². The molecular weight excluding hydrogens is 460 g/mol. The van der Waals surface area contributed by atoms with Crippen molar-refractivity contribution in [1.82, 2.24) is 9.88 Å². The Morgan fingerprint density at radius 2 is 1.38 bits per heavy atom. The van der Waals surface area contributed by atoms with Gasteiger partial charge in [-0.1, -0.05) is 60.7 Å². The van der Waals surface area contributed by atoms with Crippen LogP contribution in [-0.4, -0.2) is 40.8 Å². The van der Waals surface area contributed by atoms with Crippen LogP contribution in [0.2, 0.25) is 0 Å². The van der Waals surface area contributed by atoms with Crippen molar-refractivity contribution in [2.45, 2.75) is 12.6 Å². The highest BCUT2D eigenvalue weighted by Gasteiger charge is 2.53. The van der Waals surface area contributed by atoms with Crippen molar-refractivity contribution in [2.75, 3.05) is 18.0 Å². The van der Waals surface area contributed by atoms with Crippen molar-refractivity contribution in [2.24, 2.45) is 17.6 Å². The van der Waals surface area contributed by atoms with Gasteiger partial charge in [0, 0.05) is 31.2 Å². The molecule has 1 aliphatic carbocycles. The minimum Gasteiger partial charge on any atom is -0.327 e. The van der Waals surface area contributed by atoms with Crippen LogP contribution in [0.3, 0.4) is 0 Å². The fraction of sp³-hybridized carbons (Fsp3) is 0.194. The number of carbonyl (C=O) groups is 2. The Morgan fingerprint density at radius 1 is 0.730 bits per heavy atom. The van der Waals surface area contributed by atoms with E-state index in [0.717, 1.165) is 35.7 Å². The fourth-order valence-corrected chi connectivity index (χ4v) is 5.84. The molecule has 3 heterocycles. The van der Waals surface area contributed by atoms with Crippen LogP contribution in [0.5, 0.6) is 0 Å². The highest BCUT2D eigenvalue weighted by atomic mass is 16.2. The Balaban J connectivity index is 1.10. The first-order chi connectivity index (χ1) is 18.1. The second-order valence-electron chi connectivity index (χ2n) is 10.2. The SMILES string of the molecule is NC1C2CN(Cc3cccc(-c4ccc(-c5cccc(N6C(=O)c7ccccc7C6=O)n5)cc4)c3)CC12. The van der Waals surface area contributed by atoms with Gasteiger partial charge in [-0.15, -0.1) is 0 Å². The van der Waals surface area contributed by atoms with Crippen LogP contribution in [0, 0.1) is 11.8 Å². The maximum absolute atomic E-state index is 12.9. The van der Waals surface area contributed by atoms with Crippen molar-refractivity contribution in [3.05, 3.63) is 108 Å². The van der Waals surface area contributed by atoms with Gasteiger partial charge in [0.25, 0.3) is 11.8 Å². The van der Waals surface area contributed by atoms with Gasteiger partial charge in [0.1, 0.15) is 5.82 Å². The van der Waals surface area contributed by atoms with Crippen molar-refractivity contribution in [3.63, 3.8) is 0 Å². The number of pyridine rings is 1. The Labute approximate surface area is 215 Å². The number of anilines is 1. The average Bonchev–Trinajstić information content (AvgIpc) is 3.23. The number of piperidine rings is 1. The van der Waals surface area contributed by atoms with Crippen LogP contribution in [0.4, 0.5) is 5.82 Å². The average molecular weight is 487 g/mol. The molecular formula is C31H26N4O2. The van der Waals surface area contributed by atoms with E-state index < -0.39 is 0 Å². The molecule has 7 rings (SSSR count). The smallest absolute Gasteiger partial charge is 0.267 e. The van der Waals surface area contributed by atoms with E-state index in [4.69, 9.17) is 5.73 Å². The van der Waals surface area contributed by atoms with Gasteiger partial charge < -0.3 is 5.73 Å². The highest BCUT2D eigenvalue weighted by Crippen LogP contribution is 2.44. The summed E-state index contributed by atoms with van der Waals surface area (Å²) in [6.45, 7) is 3.18. The van der Waals surface area contributed by atoms with Crippen molar-refractivity contribution >= 4 is 17.6 Å². The predicted octanol–water partition coefficient (Wildman–Crippen LogP) is 4.61. The molecule has 1 saturated carbocycles. The van der Waals surface area contributed by atoms with E-state index in [9.17, 15) is 9.59 Å². The third kappa shape index (κ3) is 3.77. The second-order valence-corrected chi connectivity index (χ2v) is 10.2. The highest BCUT2D eigenvalue weighted by molar-refractivity contribution is 6.34. The summed E-state index contributed by atoms with van der Waals surface area (Å²) in [6, 6.07) is 29.7. The number of hydrogen-bond donors (Lipinski definition) is 1. The lowest BCUT2D eigenvalue weighted by molar-refractivity contribution is 0.0925. The molecule has 3 aromatic carbocycles. The summed E-state index contributed by atoms with van der Waals surface area (Å²) >= 11 is 0. The van der Waals surface area contributed by atoms with Crippen molar-refractivity contribution < 1.29 is 9.59 Å². The molecule has 37 heavy (non-hydrogen) atoms. The summed E-state index contributed by atoms with van der Waals surface area (Å²) in [7, 11) is 0. The third-order valence-corrected chi connectivity index (χ3v) is 7.94. The number of aromatic nitrogens is 1. The topological polar surface area (TPSA) is 79.5 Å². The molecule has 1 saturated heterocycles. The van der Waals surface area contributed by atoms with Crippen molar-refractivity contribution in [1.29, 1.82) is 0 Å². The van der Waals surface area contributed by atoms with Crippen LogP contribution in [0.25, 0.3) is 22.4 Å². The number of fused-ring (bicyclic) bond motifs is 2. The summed E-state index contributed by atoms with van der Waals surface area (Å²) in [4.78, 5) is 34.1. The van der Waals surface area contributed by atoms with E-state index in [-0.39, 0.29) is 11.8 Å². The number of amides is 2. The van der Waals surface area contributed by atoms with Gasteiger partial charge in [0.05, 0.1) is 16.8 Å². The minimum absolute atomic E-state index is 0.334. The molecule has 0 spiro atoms. The molecule has 0 bridgehead atoms. The van der Waals surface area contributed by atoms with Gasteiger partial charge in [0.15, 0.2) is 0 Å². The standard InChI is InChI=1S/C31H26N4O2/c32-29-25-17-34(18-26(25)29)16-19-5-3-6-22(15-19)20-11-13-21(14-12-20)27-9-4-10-28(33-27)35-30(36)23-7-1-2-8-24(23)31(35)37/h1-15,25-26,29H,16-18,32H2. The van der Waals surface area contributed by atoms with Gasteiger partial charge in [-0.25, -0.2) is 9.88 Å². The largest absolute Gasteiger partial charge is 0.327 e. The number of carbonyl (C=O) groups excluding carboxylic acids is 2. The molecule has 0 radical (unpaired) electrons. The first-order valence-corrected chi connectivity index (χ1v) is 12.7. The Morgan fingerprint density at radius 3 is 2.08 bits per heavy atom. The lowest BCUT2D eigenvalue weighted by atomic mass is 10.0. The van der Waals surface area contributed by atoms with E-state index in [1.807, 2.05) is 24.3 Å². The number of benzene rings is 3. The zero-order valence-corrected chi connectivity index (χ0v) is 20.2. The first kappa shape index (κ1) is 22.1. The Kier molecular flexibility index (Phi) is 5.06. The third-order valence-electron chi connectivity index (χ3n) is 7.94. The Hall–Kier alpha value is -4.13. The molecule has 2 atom stereocenters. The summed E-state index contributed by atoms with van der Waals surface area (Å²) in [5.41, 5.74) is 12.2. The van der Waals surface area contributed by atoms with E-state index >= 15 is 0 Å². The number of nitrogens with zero attached hydrogens (tertiary/aromatic N) is 3. The molecule has 2 N–H and O–H groups in total. The van der Waals surface area contributed by atoms with Crippen LogP contribution in [-0.2, 0) is 6.54 Å². The zero-order valence-electron chi connectivity index (χ0n) is 20.2. The minimum atomic E-state index is -0.339. The number of imide groups is 1. The van der Waals surface area contributed by atoms with E-state index in [0.29, 0.717) is 40.5 Å². The van der Waals surface area contributed by atoms with Gasteiger partial charge >= 0.3 is 0 Å². The van der Waals surface area contributed by atoms with Gasteiger partial charge in [-0.3, -0.25) is 14.5 Å². The first-order valence-electron chi connectivity index (χ1n) is 12.7. The van der Waals surface area contributed by atoms with Gasteiger partial charge in [-0.2, -0.15) is 0 Å². The molecule has 1 aromatic heterocycles. The summed E-state index contributed by atoms with van der Waals surface area (Å²) in [5, 5.41) is 0. The monoisotopic (exact) mass is 486 g/mol. The number of hydrogen-bond acceptors (Lipinski definition) is 5. The summed E-state index contributed by atoms with van der Waals surface area (Å²) in [6.07, 6.45) is 0. The maximum atomic E-state index is 12.9. The molecule has 2 fully saturated rings. The van der Waals surface area contributed by atoms with E-state index in [1.54, 1.807) is 30.3 Å². The lowest BCUT2D eigenvalue weighted by Crippen LogP contribution is -2.30. The van der Waals surface area contributed by atoms with Crippen LogP contribution >= 0.6 is 0 Å². The summed E-state index contributed by atoms with van der Waals surface area (Å²) in [5.74, 6) is 1.05. The fourth-order valence-electron chi connectivity index (χ4n) is 5.84. The molecule has 6 nitrogen and oxygen atoms in total. The number of rotatable bonds is 5. The van der Waals surface area contributed by atoms with Gasteiger partial charge in [-0.05, 0) is 58.9 Å². The molecule has 4 aromatic rings.